The van der Waals surface area contributed by atoms with E-state index in [-0.39, 0.29) is 5.92 Å². The number of thiophene rings is 1. The molecule has 144 valence electrons. The summed E-state index contributed by atoms with van der Waals surface area (Å²) in [5, 5.41) is 4.32. The summed E-state index contributed by atoms with van der Waals surface area (Å²) in [6.07, 6.45) is 1.97. The van der Waals surface area contributed by atoms with E-state index in [2.05, 4.69) is 16.4 Å². The van der Waals surface area contributed by atoms with Crippen LogP contribution in [0.25, 0.3) is 10.9 Å². The number of para-hydroxylation sites is 1. The molecule has 0 bridgehead atoms. The van der Waals surface area contributed by atoms with Crippen LogP contribution >= 0.6 is 11.3 Å². The van der Waals surface area contributed by atoms with E-state index in [1.54, 1.807) is 25.2 Å². The first-order valence-corrected chi connectivity index (χ1v) is 11.4. The molecule has 0 aliphatic rings. The first-order valence-electron chi connectivity index (χ1n) is 8.92. The standard InChI is InChI=1S/C20H24N2O3S2/c1-13(2)27(24,25)14(3)20(23)22-12-17(19-9-6-10-26-19)16-11-21-18-8-5-4-7-15(16)18/h4-11,13-14,17,21H,12H2,1-3H3,(H,22,23). The summed E-state index contributed by atoms with van der Waals surface area (Å²) in [5.74, 6) is -0.496. The van der Waals surface area contributed by atoms with Gasteiger partial charge in [-0.15, -0.1) is 11.3 Å². The lowest BCUT2D eigenvalue weighted by Gasteiger charge is -2.19. The Morgan fingerprint density at radius 1 is 1.15 bits per heavy atom. The first-order chi connectivity index (χ1) is 12.8. The van der Waals surface area contributed by atoms with Crippen LogP contribution in [0.4, 0.5) is 0 Å². The van der Waals surface area contributed by atoms with E-state index < -0.39 is 26.2 Å². The molecule has 2 unspecified atom stereocenters. The zero-order chi connectivity index (χ0) is 19.6. The van der Waals surface area contributed by atoms with Gasteiger partial charge < -0.3 is 10.3 Å². The Morgan fingerprint density at radius 2 is 1.89 bits per heavy atom. The van der Waals surface area contributed by atoms with E-state index in [0.717, 1.165) is 21.3 Å². The average molecular weight is 405 g/mol. The molecule has 1 amide bonds. The molecular weight excluding hydrogens is 380 g/mol. The Morgan fingerprint density at radius 3 is 2.56 bits per heavy atom. The number of aromatic nitrogens is 1. The molecule has 0 aliphatic heterocycles. The maximum Gasteiger partial charge on any atom is 0.238 e. The van der Waals surface area contributed by atoms with Crippen LogP contribution in [0.5, 0.6) is 0 Å². The molecule has 0 fully saturated rings. The Bertz CT molecular complexity index is 1020. The molecule has 0 spiro atoms. The van der Waals surface area contributed by atoms with Crippen molar-refractivity contribution in [2.45, 2.75) is 37.2 Å². The highest BCUT2D eigenvalue weighted by atomic mass is 32.2. The van der Waals surface area contributed by atoms with Gasteiger partial charge in [0.15, 0.2) is 9.84 Å². The van der Waals surface area contributed by atoms with Gasteiger partial charge in [-0.05, 0) is 43.8 Å². The summed E-state index contributed by atoms with van der Waals surface area (Å²) in [4.78, 5) is 16.9. The topological polar surface area (TPSA) is 79.0 Å². The zero-order valence-electron chi connectivity index (χ0n) is 15.6. The molecule has 2 atom stereocenters. The van der Waals surface area contributed by atoms with Crippen molar-refractivity contribution in [3.8, 4) is 0 Å². The van der Waals surface area contributed by atoms with Crippen molar-refractivity contribution in [2.75, 3.05) is 6.54 Å². The molecule has 2 heterocycles. The number of nitrogens with one attached hydrogen (secondary N) is 2. The van der Waals surface area contributed by atoms with Crippen LogP contribution in [0.15, 0.2) is 48.0 Å². The minimum Gasteiger partial charge on any atom is -0.361 e. The van der Waals surface area contributed by atoms with E-state index in [0.29, 0.717) is 6.54 Å². The molecule has 3 aromatic rings. The molecule has 0 saturated carbocycles. The fraction of sp³-hybridized carbons (Fsp3) is 0.350. The number of carbonyl (C=O) groups excluding carboxylic acids is 1. The second-order valence-corrected chi connectivity index (χ2v) is 10.7. The molecule has 0 radical (unpaired) electrons. The van der Waals surface area contributed by atoms with Gasteiger partial charge in [0.1, 0.15) is 5.25 Å². The van der Waals surface area contributed by atoms with Gasteiger partial charge in [-0.3, -0.25) is 4.79 Å². The van der Waals surface area contributed by atoms with E-state index in [9.17, 15) is 13.2 Å². The van der Waals surface area contributed by atoms with Gasteiger partial charge in [-0.1, -0.05) is 24.3 Å². The van der Waals surface area contributed by atoms with Gasteiger partial charge in [0.2, 0.25) is 5.91 Å². The number of aromatic amines is 1. The summed E-state index contributed by atoms with van der Waals surface area (Å²) >= 11 is 1.62. The van der Waals surface area contributed by atoms with Crippen LogP contribution in [-0.4, -0.2) is 36.4 Å². The van der Waals surface area contributed by atoms with E-state index in [1.165, 1.54) is 6.92 Å². The Labute approximate surface area is 163 Å². The summed E-state index contributed by atoms with van der Waals surface area (Å²) in [7, 11) is -3.48. The van der Waals surface area contributed by atoms with Crippen molar-refractivity contribution < 1.29 is 13.2 Å². The molecule has 0 saturated heterocycles. The highest BCUT2D eigenvalue weighted by Crippen LogP contribution is 2.32. The number of hydrogen-bond acceptors (Lipinski definition) is 4. The van der Waals surface area contributed by atoms with Gasteiger partial charge >= 0.3 is 0 Å². The lowest BCUT2D eigenvalue weighted by atomic mass is 9.96. The number of H-pyrrole nitrogens is 1. The predicted octanol–water partition coefficient (Wildman–Crippen LogP) is 3.69. The molecule has 2 aromatic heterocycles. The third kappa shape index (κ3) is 3.94. The molecule has 1 aromatic carbocycles. The van der Waals surface area contributed by atoms with E-state index in [1.807, 2.05) is 41.9 Å². The van der Waals surface area contributed by atoms with Crippen LogP contribution in [-0.2, 0) is 14.6 Å². The van der Waals surface area contributed by atoms with Gasteiger partial charge in [0.25, 0.3) is 0 Å². The third-order valence-corrected chi connectivity index (χ3v) is 8.38. The van der Waals surface area contributed by atoms with Crippen LogP contribution < -0.4 is 5.32 Å². The molecule has 7 heteroatoms. The largest absolute Gasteiger partial charge is 0.361 e. The van der Waals surface area contributed by atoms with Gasteiger partial charge in [0.05, 0.1) is 5.25 Å². The number of fused-ring (bicyclic) bond motifs is 1. The monoisotopic (exact) mass is 404 g/mol. The van der Waals surface area contributed by atoms with Crippen LogP contribution in [0.1, 0.15) is 37.1 Å². The fourth-order valence-corrected chi connectivity index (χ4v) is 5.18. The second kappa shape index (κ2) is 7.86. The van der Waals surface area contributed by atoms with Crippen LogP contribution in [0, 0.1) is 0 Å². The number of benzene rings is 1. The van der Waals surface area contributed by atoms with E-state index in [4.69, 9.17) is 0 Å². The second-order valence-electron chi connectivity index (χ2n) is 6.88. The van der Waals surface area contributed by atoms with Crippen molar-refractivity contribution in [3.05, 3.63) is 58.4 Å². The molecule has 5 nitrogen and oxygen atoms in total. The number of hydrogen-bond donors (Lipinski definition) is 2. The van der Waals surface area contributed by atoms with Gasteiger partial charge in [0, 0.05) is 34.4 Å². The lowest BCUT2D eigenvalue weighted by Crippen LogP contribution is -2.42. The number of carbonyl (C=O) groups is 1. The number of sulfone groups is 1. The molecule has 0 aliphatic carbocycles. The van der Waals surface area contributed by atoms with Crippen molar-refractivity contribution in [3.63, 3.8) is 0 Å². The van der Waals surface area contributed by atoms with Crippen molar-refractivity contribution >= 4 is 38.0 Å². The van der Waals surface area contributed by atoms with E-state index >= 15 is 0 Å². The SMILES string of the molecule is CC(C)S(=O)(=O)C(C)C(=O)NCC(c1cccs1)c1c[nH]c2ccccc12. The maximum absolute atomic E-state index is 12.5. The van der Waals surface area contributed by atoms with Crippen LogP contribution in [0.3, 0.4) is 0 Å². The summed E-state index contributed by atoms with van der Waals surface area (Å²) in [5.41, 5.74) is 2.13. The van der Waals surface area contributed by atoms with Crippen molar-refractivity contribution in [1.29, 1.82) is 0 Å². The maximum atomic E-state index is 12.5. The molecule has 2 N–H and O–H groups in total. The van der Waals surface area contributed by atoms with Gasteiger partial charge in [-0.2, -0.15) is 0 Å². The Balaban J connectivity index is 1.85. The Kier molecular flexibility index (Phi) is 5.72. The summed E-state index contributed by atoms with van der Waals surface area (Å²) in [6, 6.07) is 12.0. The normalized spacial score (nSPS) is 14.4. The lowest BCUT2D eigenvalue weighted by molar-refractivity contribution is -0.120. The van der Waals surface area contributed by atoms with Crippen molar-refractivity contribution in [1.82, 2.24) is 10.3 Å². The zero-order valence-corrected chi connectivity index (χ0v) is 17.2. The fourth-order valence-electron chi connectivity index (χ4n) is 3.14. The minimum atomic E-state index is -3.48. The smallest absolute Gasteiger partial charge is 0.238 e. The Hall–Kier alpha value is -2.12. The number of amides is 1. The molecule has 3 rings (SSSR count). The molecule has 27 heavy (non-hydrogen) atoms. The van der Waals surface area contributed by atoms with Crippen LogP contribution in [0.2, 0.25) is 0 Å². The molecular formula is C20H24N2O3S2. The number of rotatable bonds is 7. The van der Waals surface area contributed by atoms with Gasteiger partial charge in [-0.25, -0.2) is 8.42 Å². The van der Waals surface area contributed by atoms with Crippen molar-refractivity contribution in [2.24, 2.45) is 0 Å². The summed E-state index contributed by atoms with van der Waals surface area (Å²) < 4.78 is 24.6. The quantitative estimate of drug-likeness (QED) is 0.630. The highest BCUT2D eigenvalue weighted by molar-refractivity contribution is 7.93. The average Bonchev–Trinajstić information content (AvgIpc) is 3.31. The highest BCUT2D eigenvalue weighted by Gasteiger charge is 2.31. The predicted molar refractivity (Wildman–Crippen MR) is 111 cm³/mol. The summed E-state index contributed by atoms with van der Waals surface area (Å²) in [6.45, 7) is 4.99. The first kappa shape index (κ1) is 19.6. The third-order valence-electron chi connectivity index (χ3n) is 4.88. The minimum absolute atomic E-state index is 0.0425.